The Balaban J connectivity index is 2.22. The summed E-state index contributed by atoms with van der Waals surface area (Å²) in [6, 6.07) is 0. The maximum Gasteiger partial charge on any atom is 0.0952 e. The number of hydrogen-bond acceptors (Lipinski definition) is 3. The minimum atomic E-state index is -0.202. The zero-order valence-electron chi connectivity index (χ0n) is 8.79. The van der Waals surface area contributed by atoms with Gasteiger partial charge in [-0.3, -0.25) is 0 Å². The molecule has 0 amide bonds. The third kappa shape index (κ3) is 1.96. The quantitative estimate of drug-likeness (QED) is 0.755. The second-order valence-corrected chi connectivity index (χ2v) is 4.56. The van der Waals surface area contributed by atoms with E-state index in [-0.39, 0.29) is 5.54 Å². The van der Waals surface area contributed by atoms with Gasteiger partial charge in [-0.2, -0.15) is 0 Å². The SMILES string of the molecule is CC(C)(N)Cn1cnc2c1COCC2. The summed E-state index contributed by atoms with van der Waals surface area (Å²) in [6.45, 7) is 6.28. The van der Waals surface area contributed by atoms with E-state index in [1.807, 2.05) is 20.2 Å². The monoisotopic (exact) mass is 195 g/mol. The molecule has 0 aliphatic carbocycles. The highest BCUT2D eigenvalue weighted by molar-refractivity contribution is 5.14. The van der Waals surface area contributed by atoms with Gasteiger partial charge in [0.1, 0.15) is 0 Å². The zero-order valence-corrected chi connectivity index (χ0v) is 8.79. The van der Waals surface area contributed by atoms with E-state index in [9.17, 15) is 0 Å². The average Bonchev–Trinajstić information content (AvgIpc) is 2.47. The van der Waals surface area contributed by atoms with Crippen LogP contribution in [0.2, 0.25) is 0 Å². The average molecular weight is 195 g/mol. The molecule has 2 N–H and O–H groups in total. The topological polar surface area (TPSA) is 53.1 Å². The van der Waals surface area contributed by atoms with Crippen LogP contribution in [-0.4, -0.2) is 21.7 Å². The van der Waals surface area contributed by atoms with Gasteiger partial charge in [0.2, 0.25) is 0 Å². The molecule has 2 heterocycles. The molecule has 0 bridgehead atoms. The van der Waals surface area contributed by atoms with Crippen molar-refractivity contribution in [3.8, 4) is 0 Å². The first-order valence-electron chi connectivity index (χ1n) is 4.96. The molecule has 1 aliphatic rings. The van der Waals surface area contributed by atoms with Gasteiger partial charge in [-0.25, -0.2) is 4.98 Å². The van der Waals surface area contributed by atoms with Gasteiger partial charge < -0.3 is 15.0 Å². The number of nitrogens with two attached hydrogens (primary N) is 1. The molecule has 1 aromatic rings. The van der Waals surface area contributed by atoms with E-state index in [0.29, 0.717) is 6.61 Å². The summed E-state index contributed by atoms with van der Waals surface area (Å²) in [6.07, 6.45) is 2.79. The van der Waals surface area contributed by atoms with Crippen LogP contribution >= 0.6 is 0 Å². The molecule has 2 rings (SSSR count). The summed E-state index contributed by atoms with van der Waals surface area (Å²) in [5, 5.41) is 0. The van der Waals surface area contributed by atoms with Crippen molar-refractivity contribution < 1.29 is 4.74 Å². The standard InChI is InChI=1S/C10H17N3O/c1-10(2,11)6-13-7-12-8-3-4-14-5-9(8)13/h7H,3-6,11H2,1-2H3. The Morgan fingerprint density at radius 3 is 3.14 bits per heavy atom. The molecule has 14 heavy (non-hydrogen) atoms. The maximum absolute atomic E-state index is 5.97. The van der Waals surface area contributed by atoms with Gasteiger partial charge in [-0.15, -0.1) is 0 Å². The number of rotatable bonds is 2. The molecule has 0 saturated carbocycles. The van der Waals surface area contributed by atoms with E-state index < -0.39 is 0 Å². The van der Waals surface area contributed by atoms with E-state index in [0.717, 1.165) is 19.6 Å². The highest BCUT2D eigenvalue weighted by Gasteiger charge is 2.19. The van der Waals surface area contributed by atoms with Gasteiger partial charge in [0.25, 0.3) is 0 Å². The normalized spacial score (nSPS) is 16.8. The third-order valence-electron chi connectivity index (χ3n) is 2.33. The van der Waals surface area contributed by atoms with Crippen molar-refractivity contribution >= 4 is 0 Å². The second-order valence-electron chi connectivity index (χ2n) is 4.56. The van der Waals surface area contributed by atoms with Crippen LogP contribution in [0.1, 0.15) is 25.2 Å². The predicted molar refractivity (Wildman–Crippen MR) is 53.9 cm³/mol. The van der Waals surface area contributed by atoms with E-state index >= 15 is 0 Å². The first kappa shape index (κ1) is 9.68. The molecule has 0 fully saturated rings. The second kappa shape index (κ2) is 3.37. The van der Waals surface area contributed by atoms with Crippen molar-refractivity contribution in [3.05, 3.63) is 17.7 Å². The lowest BCUT2D eigenvalue weighted by Gasteiger charge is -2.22. The first-order valence-corrected chi connectivity index (χ1v) is 4.96. The molecule has 1 aromatic heterocycles. The van der Waals surface area contributed by atoms with E-state index in [1.165, 1.54) is 11.4 Å². The summed E-state index contributed by atoms with van der Waals surface area (Å²) in [5.41, 5.74) is 8.12. The van der Waals surface area contributed by atoms with Crippen molar-refractivity contribution in [1.82, 2.24) is 9.55 Å². The van der Waals surface area contributed by atoms with E-state index in [2.05, 4.69) is 9.55 Å². The Morgan fingerprint density at radius 2 is 2.43 bits per heavy atom. The van der Waals surface area contributed by atoms with Crippen LogP contribution in [-0.2, 0) is 24.3 Å². The van der Waals surface area contributed by atoms with Crippen LogP contribution in [0.5, 0.6) is 0 Å². The van der Waals surface area contributed by atoms with E-state index in [4.69, 9.17) is 10.5 Å². The minimum Gasteiger partial charge on any atom is -0.375 e. The summed E-state index contributed by atoms with van der Waals surface area (Å²) in [5.74, 6) is 0. The number of fused-ring (bicyclic) bond motifs is 1. The number of nitrogens with zero attached hydrogens (tertiary/aromatic N) is 2. The minimum absolute atomic E-state index is 0.202. The molecule has 0 saturated heterocycles. The largest absolute Gasteiger partial charge is 0.375 e. The lowest BCUT2D eigenvalue weighted by molar-refractivity contribution is 0.103. The predicted octanol–water partition coefficient (Wildman–Crippen LogP) is 0.693. The highest BCUT2D eigenvalue weighted by atomic mass is 16.5. The molecule has 4 heteroatoms. The smallest absolute Gasteiger partial charge is 0.0952 e. The van der Waals surface area contributed by atoms with Gasteiger partial charge >= 0.3 is 0 Å². The molecule has 0 radical (unpaired) electrons. The van der Waals surface area contributed by atoms with Crippen LogP contribution in [0.3, 0.4) is 0 Å². The molecule has 78 valence electrons. The lowest BCUT2D eigenvalue weighted by atomic mass is 10.1. The molecule has 4 nitrogen and oxygen atoms in total. The Morgan fingerprint density at radius 1 is 1.64 bits per heavy atom. The highest BCUT2D eigenvalue weighted by Crippen LogP contribution is 2.16. The summed E-state index contributed by atoms with van der Waals surface area (Å²) in [4.78, 5) is 4.37. The third-order valence-corrected chi connectivity index (χ3v) is 2.33. The van der Waals surface area contributed by atoms with Gasteiger partial charge in [-0.05, 0) is 13.8 Å². The van der Waals surface area contributed by atoms with Crippen molar-refractivity contribution in [2.45, 2.75) is 39.0 Å². The molecule has 0 atom stereocenters. The number of ether oxygens (including phenoxy) is 1. The molecular formula is C10H17N3O. The van der Waals surface area contributed by atoms with Crippen molar-refractivity contribution in [1.29, 1.82) is 0 Å². The first-order chi connectivity index (χ1) is 6.56. The van der Waals surface area contributed by atoms with E-state index in [1.54, 1.807) is 0 Å². The van der Waals surface area contributed by atoms with Crippen LogP contribution in [0.4, 0.5) is 0 Å². The fraction of sp³-hybridized carbons (Fsp3) is 0.700. The van der Waals surface area contributed by atoms with Crippen molar-refractivity contribution in [2.24, 2.45) is 5.73 Å². The van der Waals surface area contributed by atoms with Crippen LogP contribution in [0.15, 0.2) is 6.33 Å². The van der Waals surface area contributed by atoms with Crippen LogP contribution < -0.4 is 5.73 Å². The van der Waals surface area contributed by atoms with Gasteiger partial charge in [0, 0.05) is 18.5 Å². The zero-order chi connectivity index (χ0) is 10.2. The molecule has 0 spiro atoms. The molecule has 1 aliphatic heterocycles. The van der Waals surface area contributed by atoms with Crippen LogP contribution in [0, 0.1) is 0 Å². The van der Waals surface area contributed by atoms with Gasteiger partial charge in [-0.1, -0.05) is 0 Å². The fourth-order valence-electron chi connectivity index (χ4n) is 1.74. The summed E-state index contributed by atoms with van der Waals surface area (Å²) >= 11 is 0. The summed E-state index contributed by atoms with van der Waals surface area (Å²) in [7, 11) is 0. The Kier molecular flexibility index (Phi) is 2.33. The molecule has 0 unspecified atom stereocenters. The van der Waals surface area contributed by atoms with Crippen molar-refractivity contribution in [3.63, 3.8) is 0 Å². The number of hydrogen-bond donors (Lipinski definition) is 1. The van der Waals surface area contributed by atoms with Crippen LogP contribution in [0.25, 0.3) is 0 Å². The van der Waals surface area contributed by atoms with Crippen molar-refractivity contribution in [2.75, 3.05) is 6.61 Å². The van der Waals surface area contributed by atoms with Gasteiger partial charge in [0.15, 0.2) is 0 Å². The maximum atomic E-state index is 5.97. The lowest BCUT2D eigenvalue weighted by Crippen LogP contribution is -2.37. The summed E-state index contributed by atoms with van der Waals surface area (Å²) < 4.78 is 7.51. The number of imidazole rings is 1. The molecule has 0 aromatic carbocycles. The Bertz CT molecular complexity index is 325. The Hall–Kier alpha value is -0.870. The number of aromatic nitrogens is 2. The fourth-order valence-corrected chi connectivity index (χ4v) is 1.74. The Labute approximate surface area is 84.1 Å². The van der Waals surface area contributed by atoms with Gasteiger partial charge in [0.05, 0.1) is 30.9 Å². The molecular weight excluding hydrogens is 178 g/mol.